The number of rotatable bonds is 9. The fourth-order valence-corrected chi connectivity index (χ4v) is 2.78. The van der Waals surface area contributed by atoms with E-state index in [0.717, 1.165) is 17.7 Å². The maximum absolute atomic E-state index is 12.4. The average molecular weight is 412 g/mol. The van der Waals surface area contributed by atoms with Gasteiger partial charge in [0.05, 0.1) is 6.42 Å². The minimum atomic E-state index is -0.944. The van der Waals surface area contributed by atoms with E-state index >= 15 is 0 Å². The molecule has 2 aromatic rings. The van der Waals surface area contributed by atoms with E-state index in [4.69, 9.17) is 4.74 Å². The van der Waals surface area contributed by atoms with Crippen LogP contribution in [0.25, 0.3) is 0 Å². The molecule has 0 aliphatic heterocycles. The molecular weight excluding hydrogens is 382 g/mol. The Bertz CT molecular complexity index is 855. The second-order valence-corrected chi connectivity index (χ2v) is 7.01. The van der Waals surface area contributed by atoms with Gasteiger partial charge in [-0.2, -0.15) is 0 Å². The molecule has 0 unspecified atom stereocenters. The molecule has 0 spiro atoms. The lowest BCUT2D eigenvalue weighted by Gasteiger charge is -2.18. The Hall–Kier alpha value is -3.35. The molecule has 2 rings (SSSR count). The van der Waals surface area contributed by atoms with Crippen LogP contribution in [0.15, 0.2) is 54.6 Å². The number of amides is 3. The summed E-state index contributed by atoms with van der Waals surface area (Å²) < 4.78 is 5.19. The van der Waals surface area contributed by atoms with Gasteiger partial charge in [-0.25, -0.2) is 4.79 Å². The summed E-state index contributed by atoms with van der Waals surface area (Å²) in [7, 11) is 0. The number of carbonyl (C=O) groups excluding carboxylic acids is 3. The van der Waals surface area contributed by atoms with Crippen molar-refractivity contribution in [3.8, 4) is 0 Å². The fraction of sp³-hybridized carbons (Fsp3) is 0.348. The molecular formula is C23H29N3O4. The number of benzene rings is 2. The molecule has 0 saturated carbocycles. The van der Waals surface area contributed by atoms with Gasteiger partial charge in [-0.05, 0) is 43.0 Å². The van der Waals surface area contributed by atoms with Gasteiger partial charge in [0.15, 0.2) is 6.10 Å². The van der Waals surface area contributed by atoms with Crippen molar-refractivity contribution >= 4 is 29.3 Å². The number of hydrogen-bond acceptors (Lipinski definition) is 4. The number of hydrogen-bond donors (Lipinski definition) is 3. The quantitative estimate of drug-likeness (QED) is 0.537. The number of nitrogens with one attached hydrogen (secondary N) is 3. The van der Waals surface area contributed by atoms with Crippen LogP contribution < -0.4 is 16.0 Å². The Kier molecular flexibility index (Phi) is 8.87. The predicted octanol–water partition coefficient (Wildman–Crippen LogP) is 4.28. The summed E-state index contributed by atoms with van der Waals surface area (Å²) in [4.78, 5) is 36.2. The van der Waals surface area contributed by atoms with E-state index in [1.807, 2.05) is 30.3 Å². The van der Waals surface area contributed by atoms with Crippen LogP contribution in [0.2, 0.25) is 0 Å². The van der Waals surface area contributed by atoms with Gasteiger partial charge < -0.3 is 20.7 Å². The van der Waals surface area contributed by atoms with Crippen molar-refractivity contribution in [2.24, 2.45) is 0 Å². The van der Waals surface area contributed by atoms with Crippen LogP contribution in [0.3, 0.4) is 0 Å². The molecule has 0 heterocycles. The summed E-state index contributed by atoms with van der Waals surface area (Å²) >= 11 is 0. The number of urea groups is 1. The highest BCUT2D eigenvalue weighted by Gasteiger charge is 2.19. The summed E-state index contributed by atoms with van der Waals surface area (Å²) in [5, 5.41) is 8.07. The Balaban J connectivity index is 1.76. The van der Waals surface area contributed by atoms with E-state index in [1.165, 1.54) is 6.92 Å². The molecule has 3 amide bonds. The molecule has 7 nitrogen and oxygen atoms in total. The van der Waals surface area contributed by atoms with Gasteiger partial charge in [0.1, 0.15) is 0 Å². The van der Waals surface area contributed by atoms with Crippen LogP contribution in [0.4, 0.5) is 16.2 Å². The topological polar surface area (TPSA) is 96.5 Å². The lowest BCUT2D eigenvalue weighted by atomic mass is 9.97. The standard InChI is InChI=1S/C23H29N3O4/c1-4-16(2)19-12-8-9-13-20(19)26-22(28)17(3)30-21(27)14-15-24-23(29)25-18-10-6-5-7-11-18/h5-13,16-17H,4,14-15H2,1-3H3,(H,26,28)(H2,24,25,29)/t16-,17+/m0/s1. The minimum absolute atomic E-state index is 0.0384. The van der Waals surface area contributed by atoms with Crippen molar-refractivity contribution in [1.82, 2.24) is 5.32 Å². The first kappa shape index (κ1) is 22.9. The van der Waals surface area contributed by atoms with Gasteiger partial charge in [-0.3, -0.25) is 9.59 Å². The molecule has 0 saturated heterocycles. The molecule has 160 valence electrons. The molecule has 7 heteroatoms. The second-order valence-electron chi connectivity index (χ2n) is 7.01. The lowest BCUT2D eigenvalue weighted by Crippen LogP contribution is -2.33. The number of anilines is 2. The highest BCUT2D eigenvalue weighted by molar-refractivity contribution is 5.95. The molecule has 0 aromatic heterocycles. The fourth-order valence-electron chi connectivity index (χ4n) is 2.78. The van der Waals surface area contributed by atoms with Gasteiger partial charge in [-0.1, -0.05) is 50.2 Å². The average Bonchev–Trinajstić information content (AvgIpc) is 2.74. The van der Waals surface area contributed by atoms with E-state index in [-0.39, 0.29) is 13.0 Å². The van der Waals surface area contributed by atoms with E-state index in [1.54, 1.807) is 24.3 Å². The van der Waals surface area contributed by atoms with Crippen molar-refractivity contribution in [3.05, 3.63) is 60.2 Å². The van der Waals surface area contributed by atoms with Crippen LogP contribution in [-0.4, -0.2) is 30.6 Å². The summed E-state index contributed by atoms with van der Waals surface area (Å²) in [6, 6.07) is 16.2. The highest BCUT2D eigenvalue weighted by Crippen LogP contribution is 2.26. The zero-order valence-corrected chi connectivity index (χ0v) is 17.6. The maximum atomic E-state index is 12.4. The summed E-state index contributed by atoms with van der Waals surface area (Å²) in [5.41, 5.74) is 2.42. The third-order valence-electron chi connectivity index (χ3n) is 4.69. The largest absolute Gasteiger partial charge is 0.452 e. The van der Waals surface area contributed by atoms with E-state index in [2.05, 4.69) is 29.8 Å². The SMILES string of the molecule is CC[C@H](C)c1ccccc1NC(=O)[C@@H](C)OC(=O)CCNC(=O)Nc1ccccc1. The number of carbonyl (C=O) groups is 3. The van der Waals surface area contributed by atoms with E-state index in [0.29, 0.717) is 11.6 Å². The zero-order chi connectivity index (χ0) is 21.9. The molecule has 2 aromatic carbocycles. The Labute approximate surface area is 177 Å². The van der Waals surface area contributed by atoms with Crippen LogP contribution in [-0.2, 0) is 14.3 Å². The number of para-hydroxylation sites is 2. The predicted molar refractivity (Wildman–Crippen MR) is 117 cm³/mol. The second kappa shape index (κ2) is 11.6. The van der Waals surface area contributed by atoms with Crippen LogP contribution in [0.5, 0.6) is 0 Å². The van der Waals surface area contributed by atoms with Gasteiger partial charge in [0.25, 0.3) is 5.91 Å². The van der Waals surface area contributed by atoms with Crippen LogP contribution >= 0.6 is 0 Å². The lowest BCUT2D eigenvalue weighted by molar-refractivity contribution is -0.153. The molecule has 0 aliphatic rings. The first-order chi connectivity index (χ1) is 14.4. The monoisotopic (exact) mass is 411 g/mol. The molecule has 0 radical (unpaired) electrons. The molecule has 0 fully saturated rings. The van der Waals surface area contributed by atoms with Gasteiger partial charge in [0.2, 0.25) is 0 Å². The van der Waals surface area contributed by atoms with Crippen molar-refractivity contribution in [2.75, 3.05) is 17.2 Å². The third kappa shape index (κ3) is 7.24. The Morgan fingerprint density at radius 2 is 1.60 bits per heavy atom. The molecule has 0 bridgehead atoms. The number of ether oxygens (including phenoxy) is 1. The summed E-state index contributed by atoms with van der Waals surface area (Å²) in [6.45, 7) is 5.80. The summed E-state index contributed by atoms with van der Waals surface area (Å²) in [5.74, 6) is -0.658. The minimum Gasteiger partial charge on any atom is -0.452 e. The number of esters is 1. The summed E-state index contributed by atoms with van der Waals surface area (Å²) in [6.07, 6.45) is -0.0356. The highest BCUT2D eigenvalue weighted by atomic mass is 16.5. The van der Waals surface area contributed by atoms with E-state index in [9.17, 15) is 14.4 Å². The van der Waals surface area contributed by atoms with Crippen LogP contribution in [0.1, 0.15) is 45.1 Å². The third-order valence-corrected chi connectivity index (χ3v) is 4.69. The van der Waals surface area contributed by atoms with E-state index < -0.39 is 24.0 Å². The van der Waals surface area contributed by atoms with Crippen molar-refractivity contribution in [2.45, 2.75) is 45.6 Å². The molecule has 3 N–H and O–H groups in total. The zero-order valence-electron chi connectivity index (χ0n) is 17.6. The first-order valence-electron chi connectivity index (χ1n) is 10.1. The maximum Gasteiger partial charge on any atom is 0.319 e. The van der Waals surface area contributed by atoms with Gasteiger partial charge in [0, 0.05) is 17.9 Å². The Morgan fingerprint density at radius 1 is 0.933 bits per heavy atom. The molecule has 2 atom stereocenters. The molecule has 30 heavy (non-hydrogen) atoms. The normalized spacial score (nSPS) is 12.4. The van der Waals surface area contributed by atoms with Gasteiger partial charge >= 0.3 is 12.0 Å². The van der Waals surface area contributed by atoms with Gasteiger partial charge in [-0.15, -0.1) is 0 Å². The van der Waals surface area contributed by atoms with Crippen molar-refractivity contribution < 1.29 is 19.1 Å². The first-order valence-corrected chi connectivity index (χ1v) is 10.1. The van der Waals surface area contributed by atoms with Crippen LogP contribution in [0, 0.1) is 0 Å². The van der Waals surface area contributed by atoms with Crippen molar-refractivity contribution in [3.63, 3.8) is 0 Å². The smallest absolute Gasteiger partial charge is 0.319 e. The Morgan fingerprint density at radius 3 is 2.30 bits per heavy atom. The van der Waals surface area contributed by atoms with Crippen molar-refractivity contribution in [1.29, 1.82) is 0 Å². The molecule has 0 aliphatic carbocycles.